The molecule has 136 valence electrons. The zero-order valence-corrected chi connectivity index (χ0v) is 15.5. The Bertz CT molecular complexity index is 908. The summed E-state index contributed by atoms with van der Waals surface area (Å²) in [6, 6.07) is 11.5. The quantitative estimate of drug-likeness (QED) is 0.666. The van der Waals surface area contributed by atoms with Crippen LogP contribution in [0.2, 0.25) is 5.02 Å². The van der Waals surface area contributed by atoms with Crippen LogP contribution in [0.15, 0.2) is 36.4 Å². The summed E-state index contributed by atoms with van der Waals surface area (Å²) in [6.07, 6.45) is 0.818. The van der Waals surface area contributed by atoms with E-state index in [1.165, 1.54) is 0 Å². The maximum atomic E-state index is 11.8. The third-order valence-corrected chi connectivity index (χ3v) is 4.14. The lowest BCUT2D eigenvalue weighted by atomic mass is 10.2. The van der Waals surface area contributed by atoms with Crippen molar-refractivity contribution in [1.29, 1.82) is 0 Å². The molecule has 0 aliphatic rings. The number of nitrogens with one attached hydrogen (secondary N) is 2. The summed E-state index contributed by atoms with van der Waals surface area (Å²) >= 11 is 6.18. The molecule has 2 aromatic heterocycles. The van der Waals surface area contributed by atoms with Crippen LogP contribution in [0.25, 0.3) is 5.65 Å². The Morgan fingerprint density at radius 1 is 1.19 bits per heavy atom. The smallest absolute Gasteiger partial charge is 0.220 e. The molecule has 2 heterocycles. The second-order valence-electron chi connectivity index (χ2n) is 6.27. The number of fused-ring (bicyclic) bond motifs is 1. The molecule has 0 atom stereocenters. The van der Waals surface area contributed by atoms with Crippen LogP contribution in [0.5, 0.6) is 0 Å². The van der Waals surface area contributed by atoms with E-state index in [-0.39, 0.29) is 11.9 Å². The van der Waals surface area contributed by atoms with E-state index in [0.717, 1.165) is 5.56 Å². The summed E-state index contributed by atoms with van der Waals surface area (Å²) < 4.78 is 1.66. The fourth-order valence-corrected chi connectivity index (χ4v) is 2.73. The monoisotopic (exact) mass is 372 g/mol. The minimum Gasteiger partial charge on any atom is -0.364 e. The highest BCUT2D eigenvalue weighted by Crippen LogP contribution is 2.16. The van der Waals surface area contributed by atoms with Crippen LogP contribution in [0.3, 0.4) is 0 Å². The Labute approximate surface area is 156 Å². The summed E-state index contributed by atoms with van der Waals surface area (Å²) in [6.45, 7) is 4.43. The minimum atomic E-state index is -0.00949. The predicted molar refractivity (Wildman–Crippen MR) is 101 cm³/mol. The number of carbonyl (C=O) groups is 1. The number of nitrogens with zero attached hydrogens (tertiary/aromatic N) is 4. The molecule has 1 amide bonds. The van der Waals surface area contributed by atoms with Gasteiger partial charge in [0.05, 0.1) is 0 Å². The van der Waals surface area contributed by atoms with E-state index in [0.29, 0.717) is 41.7 Å². The predicted octanol–water partition coefficient (Wildman–Crippen LogP) is 2.85. The van der Waals surface area contributed by atoms with Gasteiger partial charge in [-0.05, 0) is 37.6 Å². The highest BCUT2D eigenvalue weighted by molar-refractivity contribution is 6.31. The number of rotatable bonds is 7. The van der Waals surface area contributed by atoms with Crippen molar-refractivity contribution < 1.29 is 4.79 Å². The Hall–Kier alpha value is -2.67. The third kappa shape index (κ3) is 4.49. The molecule has 0 aliphatic carbocycles. The molecule has 2 N–H and O–H groups in total. The van der Waals surface area contributed by atoms with Crippen molar-refractivity contribution in [1.82, 2.24) is 25.1 Å². The molecule has 0 saturated carbocycles. The average Bonchev–Trinajstić information content (AvgIpc) is 3.01. The summed E-state index contributed by atoms with van der Waals surface area (Å²) in [5, 5.41) is 19.6. The van der Waals surface area contributed by atoms with E-state index in [4.69, 9.17) is 11.6 Å². The fraction of sp³-hybridized carbons (Fsp3) is 0.333. The van der Waals surface area contributed by atoms with E-state index in [1.807, 2.05) is 50.2 Å². The SMILES string of the molecule is CC(C)NC(=O)CCc1nnc2ccc(NCc3ccccc3Cl)nn12. The van der Waals surface area contributed by atoms with Crippen molar-refractivity contribution in [3.8, 4) is 0 Å². The molecule has 1 aromatic carbocycles. The van der Waals surface area contributed by atoms with Crippen LogP contribution < -0.4 is 10.6 Å². The molecule has 0 spiro atoms. The molecule has 8 heteroatoms. The molecule has 0 radical (unpaired) electrons. The van der Waals surface area contributed by atoms with Gasteiger partial charge in [0.25, 0.3) is 0 Å². The van der Waals surface area contributed by atoms with Gasteiger partial charge in [-0.25, -0.2) is 0 Å². The van der Waals surface area contributed by atoms with Crippen molar-refractivity contribution in [2.75, 3.05) is 5.32 Å². The highest BCUT2D eigenvalue weighted by atomic mass is 35.5. The Kier molecular flexibility index (Phi) is 5.68. The van der Waals surface area contributed by atoms with Crippen molar-refractivity contribution in [3.63, 3.8) is 0 Å². The van der Waals surface area contributed by atoms with Gasteiger partial charge in [0, 0.05) is 30.5 Å². The summed E-state index contributed by atoms with van der Waals surface area (Å²) in [4.78, 5) is 11.8. The first kappa shape index (κ1) is 18.1. The number of benzene rings is 1. The molecule has 0 aliphatic heterocycles. The van der Waals surface area contributed by atoms with Crippen LogP contribution in [0.1, 0.15) is 31.7 Å². The maximum Gasteiger partial charge on any atom is 0.220 e. The van der Waals surface area contributed by atoms with Crippen LogP contribution in [-0.2, 0) is 17.8 Å². The molecular formula is C18H21ClN6O. The Morgan fingerprint density at radius 2 is 2.00 bits per heavy atom. The third-order valence-electron chi connectivity index (χ3n) is 3.77. The summed E-state index contributed by atoms with van der Waals surface area (Å²) in [5.74, 6) is 1.33. The van der Waals surface area contributed by atoms with Gasteiger partial charge in [-0.3, -0.25) is 4.79 Å². The molecule has 0 fully saturated rings. The summed E-state index contributed by atoms with van der Waals surface area (Å²) in [5.41, 5.74) is 1.64. The lowest BCUT2D eigenvalue weighted by molar-refractivity contribution is -0.121. The lowest BCUT2D eigenvalue weighted by Crippen LogP contribution is -2.30. The zero-order valence-electron chi connectivity index (χ0n) is 14.7. The Balaban J connectivity index is 1.69. The fourth-order valence-electron chi connectivity index (χ4n) is 2.53. The van der Waals surface area contributed by atoms with E-state index < -0.39 is 0 Å². The van der Waals surface area contributed by atoms with E-state index in [2.05, 4.69) is 25.9 Å². The van der Waals surface area contributed by atoms with Gasteiger partial charge in [-0.2, -0.15) is 4.52 Å². The number of hydrogen-bond acceptors (Lipinski definition) is 5. The molecule has 7 nitrogen and oxygen atoms in total. The molecule has 26 heavy (non-hydrogen) atoms. The van der Waals surface area contributed by atoms with Crippen LogP contribution in [0, 0.1) is 0 Å². The van der Waals surface area contributed by atoms with Crippen LogP contribution >= 0.6 is 11.6 Å². The largest absolute Gasteiger partial charge is 0.364 e. The first-order valence-corrected chi connectivity index (χ1v) is 8.88. The van der Waals surface area contributed by atoms with Crippen molar-refractivity contribution in [3.05, 3.63) is 52.8 Å². The molecule has 0 unspecified atom stereocenters. The van der Waals surface area contributed by atoms with Crippen LogP contribution in [0.4, 0.5) is 5.82 Å². The zero-order chi connectivity index (χ0) is 18.5. The van der Waals surface area contributed by atoms with Crippen molar-refractivity contribution in [2.45, 2.75) is 39.3 Å². The van der Waals surface area contributed by atoms with Crippen molar-refractivity contribution >= 4 is 29.0 Å². The number of aryl methyl sites for hydroxylation is 1. The van der Waals surface area contributed by atoms with Gasteiger partial charge >= 0.3 is 0 Å². The Morgan fingerprint density at radius 3 is 2.77 bits per heavy atom. The number of amides is 1. The second kappa shape index (κ2) is 8.14. The van der Waals surface area contributed by atoms with Gasteiger partial charge < -0.3 is 10.6 Å². The number of aromatic nitrogens is 4. The minimum absolute atomic E-state index is 0.00949. The lowest BCUT2D eigenvalue weighted by Gasteiger charge is -2.08. The molecular weight excluding hydrogens is 352 g/mol. The number of carbonyl (C=O) groups excluding carboxylic acids is 1. The van der Waals surface area contributed by atoms with Gasteiger partial charge in [-0.1, -0.05) is 29.8 Å². The first-order chi connectivity index (χ1) is 12.5. The van der Waals surface area contributed by atoms with E-state index in [9.17, 15) is 4.79 Å². The van der Waals surface area contributed by atoms with Crippen molar-refractivity contribution in [2.24, 2.45) is 0 Å². The first-order valence-electron chi connectivity index (χ1n) is 8.51. The molecule has 3 aromatic rings. The number of anilines is 1. The summed E-state index contributed by atoms with van der Waals surface area (Å²) in [7, 11) is 0. The second-order valence-corrected chi connectivity index (χ2v) is 6.68. The topological polar surface area (TPSA) is 84.2 Å². The number of hydrogen-bond donors (Lipinski definition) is 2. The van der Waals surface area contributed by atoms with E-state index >= 15 is 0 Å². The van der Waals surface area contributed by atoms with Crippen LogP contribution in [-0.4, -0.2) is 31.8 Å². The highest BCUT2D eigenvalue weighted by Gasteiger charge is 2.11. The molecule has 3 rings (SSSR count). The van der Waals surface area contributed by atoms with E-state index in [1.54, 1.807) is 4.52 Å². The average molecular weight is 373 g/mol. The van der Waals surface area contributed by atoms with Gasteiger partial charge in [0.2, 0.25) is 5.91 Å². The molecule has 0 saturated heterocycles. The van der Waals surface area contributed by atoms with Gasteiger partial charge in [0.1, 0.15) is 5.82 Å². The maximum absolute atomic E-state index is 11.8. The standard InChI is InChI=1S/C18H21ClN6O/c1-12(2)21-18(26)10-9-17-23-22-16-8-7-15(24-25(16)17)20-11-13-5-3-4-6-14(13)19/h3-8,12H,9-11H2,1-2H3,(H,20,24)(H,21,26). The normalized spacial score (nSPS) is 11.1. The number of halogens is 1. The molecule has 0 bridgehead atoms. The van der Waals surface area contributed by atoms with Gasteiger partial charge in [0.15, 0.2) is 11.5 Å². The van der Waals surface area contributed by atoms with Gasteiger partial charge in [-0.15, -0.1) is 15.3 Å².